The van der Waals surface area contributed by atoms with Crippen LogP contribution in [0.4, 0.5) is 5.82 Å². The van der Waals surface area contributed by atoms with Crippen LogP contribution in [0.2, 0.25) is 0 Å². The van der Waals surface area contributed by atoms with Gasteiger partial charge in [-0.2, -0.15) is 10.2 Å². The molecule has 3 heterocycles. The zero-order valence-electron chi connectivity index (χ0n) is 11.1. The summed E-state index contributed by atoms with van der Waals surface area (Å²) in [7, 11) is 0. The molecule has 0 bridgehead atoms. The minimum absolute atomic E-state index is 0.763. The van der Waals surface area contributed by atoms with Crippen LogP contribution in [-0.2, 0) is 6.54 Å². The highest BCUT2D eigenvalue weighted by molar-refractivity contribution is 7.98. The predicted octanol–water partition coefficient (Wildman–Crippen LogP) is 1.77. The Morgan fingerprint density at radius 2 is 2.35 bits per heavy atom. The van der Waals surface area contributed by atoms with E-state index in [-0.39, 0.29) is 0 Å². The second kappa shape index (κ2) is 5.91. The van der Waals surface area contributed by atoms with E-state index in [0.29, 0.717) is 0 Å². The first kappa shape index (κ1) is 12.9. The van der Waals surface area contributed by atoms with E-state index in [1.165, 1.54) is 0 Å². The van der Waals surface area contributed by atoms with Gasteiger partial charge in [-0.25, -0.2) is 9.97 Å². The van der Waals surface area contributed by atoms with Gasteiger partial charge in [-0.1, -0.05) is 0 Å². The summed E-state index contributed by atoms with van der Waals surface area (Å²) in [6.07, 6.45) is 8.26. The Hall–Kier alpha value is -2.09. The third-order valence-corrected chi connectivity index (χ3v) is 3.62. The average Bonchev–Trinajstić information content (AvgIpc) is 3.12. The van der Waals surface area contributed by atoms with Gasteiger partial charge in [-0.3, -0.25) is 9.78 Å². The van der Waals surface area contributed by atoms with E-state index in [2.05, 4.69) is 30.6 Å². The molecule has 0 aromatic carbocycles. The Morgan fingerprint density at radius 3 is 3.15 bits per heavy atom. The van der Waals surface area contributed by atoms with Gasteiger partial charge in [-0.15, -0.1) is 11.8 Å². The van der Waals surface area contributed by atoms with Gasteiger partial charge in [0.05, 0.1) is 5.39 Å². The Labute approximate surface area is 120 Å². The van der Waals surface area contributed by atoms with Crippen LogP contribution < -0.4 is 5.32 Å². The van der Waals surface area contributed by atoms with Gasteiger partial charge in [0.1, 0.15) is 17.2 Å². The zero-order valence-corrected chi connectivity index (χ0v) is 11.9. The second-order valence-electron chi connectivity index (χ2n) is 4.23. The van der Waals surface area contributed by atoms with E-state index in [4.69, 9.17) is 0 Å². The Morgan fingerprint density at radius 1 is 1.40 bits per heavy atom. The number of thioether (sulfide) groups is 1. The fourth-order valence-electron chi connectivity index (χ4n) is 1.99. The maximum absolute atomic E-state index is 4.30. The number of hydrogen-bond acceptors (Lipinski definition) is 6. The maximum Gasteiger partial charge on any atom is 0.161 e. The molecular formula is C12H15N7S. The number of rotatable bonds is 6. The standard InChI is InChI=1S/C12H15N7S/c1-20-12-9-10(14-8-15-11(9)17-18-12)13-4-2-6-19-7-3-5-16-19/h3,5,7-8H,2,4,6H2,1H3,(H2,13,14,15,17,18). The van der Waals surface area contributed by atoms with Crippen molar-refractivity contribution in [1.29, 1.82) is 0 Å². The lowest BCUT2D eigenvalue weighted by molar-refractivity contribution is 0.591. The monoisotopic (exact) mass is 289 g/mol. The Balaban J connectivity index is 1.66. The van der Waals surface area contributed by atoms with Crippen molar-refractivity contribution in [3.8, 4) is 0 Å². The van der Waals surface area contributed by atoms with Crippen LogP contribution in [-0.4, -0.2) is 42.7 Å². The largest absolute Gasteiger partial charge is 0.369 e. The number of anilines is 1. The summed E-state index contributed by atoms with van der Waals surface area (Å²) in [5.41, 5.74) is 0.763. The molecule has 0 aliphatic rings. The van der Waals surface area contributed by atoms with Gasteiger partial charge >= 0.3 is 0 Å². The summed E-state index contributed by atoms with van der Waals surface area (Å²) >= 11 is 1.58. The zero-order chi connectivity index (χ0) is 13.8. The first-order valence-electron chi connectivity index (χ1n) is 6.33. The summed E-state index contributed by atoms with van der Waals surface area (Å²) in [6.45, 7) is 1.71. The molecule has 0 atom stereocenters. The third-order valence-electron chi connectivity index (χ3n) is 2.93. The molecule has 3 aromatic rings. The average molecular weight is 289 g/mol. The number of aromatic nitrogens is 6. The van der Waals surface area contributed by atoms with Gasteiger partial charge in [0.15, 0.2) is 5.65 Å². The van der Waals surface area contributed by atoms with Gasteiger partial charge < -0.3 is 5.32 Å². The van der Waals surface area contributed by atoms with Crippen molar-refractivity contribution in [2.45, 2.75) is 18.0 Å². The van der Waals surface area contributed by atoms with Crippen molar-refractivity contribution in [1.82, 2.24) is 29.9 Å². The van der Waals surface area contributed by atoms with E-state index in [9.17, 15) is 0 Å². The molecule has 0 unspecified atom stereocenters. The van der Waals surface area contributed by atoms with Crippen LogP contribution in [0.5, 0.6) is 0 Å². The molecule has 2 N–H and O–H groups in total. The molecule has 0 saturated heterocycles. The smallest absolute Gasteiger partial charge is 0.161 e. The van der Waals surface area contributed by atoms with E-state index in [1.807, 2.05) is 23.2 Å². The van der Waals surface area contributed by atoms with Crippen molar-refractivity contribution >= 4 is 28.6 Å². The van der Waals surface area contributed by atoms with E-state index < -0.39 is 0 Å². The number of nitrogens with zero attached hydrogens (tertiary/aromatic N) is 5. The molecule has 0 aliphatic heterocycles. The lowest BCUT2D eigenvalue weighted by atomic mass is 10.3. The molecule has 0 fully saturated rings. The number of hydrogen-bond donors (Lipinski definition) is 2. The van der Waals surface area contributed by atoms with Crippen molar-refractivity contribution in [2.24, 2.45) is 0 Å². The topological polar surface area (TPSA) is 84.3 Å². The Bertz CT molecular complexity index is 676. The molecule has 0 amide bonds. The highest BCUT2D eigenvalue weighted by Gasteiger charge is 2.11. The minimum atomic E-state index is 0.763. The van der Waals surface area contributed by atoms with Gasteiger partial charge in [0.25, 0.3) is 0 Å². The van der Waals surface area contributed by atoms with E-state index in [0.717, 1.165) is 41.4 Å². The molecule has 7 nitrogen and oxygen atoms in total. The molecule has 20 heavy (non-hydrogen) atoms. The van der Waals surface area contributed by atoms with Crippen LogP contribution in [0.15, 0.2) is 29.8 Å². The molecule has 104 valence electrons. The SMILES string of the molecule is CSc1n[nH]c2ncnc(NCCCn3cccn3)c12. The molecule has 0 saturated carbocycles. The molecule has 0 spiro atoms. The summed E-state index contributed by atoms with van der Waals surface area (Å²) in [5.74, 6) is 0.827. The predicted molar refractivity (Wildman–Crippen MR) is 78.8 cm³/mol. The van der Waals surface area contributed by atoms with Crippen molar-refractivity contribution in [3.05, 3.63) is 24.8 Å². The molecule has 8 heteroatoms. The normalized spacial score (nSPS) is 11.1. The number of H-pyrrole nitrogens is 1. The molecule has 3 rings (SSSR count). The first-order valence-corrected chi connectivity index (χ1v) is 7.55. The summed E-state index contributed by atoms with van der Waals surface area (Å²) in [6, 6.07) is 1.93. The van der Waals surface area contributed by atoms with Crippen LogP contribution >= 0.6 is 11.8 Å². The number of fused-ring (bicyclic) bond motifs is 1. The third kappa shape index (κ3) is 2.60. The van der Waals surface area contributed by atoms with E-state index >= 15 is 0 Å². The lowest BCUT2D eigenvalue weighted by Crippen LogP contribution is -2.08. The maximum atomic E-state index is 4.30. The van der Waals surface area contributed by atoms with Crippen LogP contribution in [0.1, 0.15) is 6.42 Å². The summed E-state index contributed by atoms with van der Waals surface area (Å²) < 4.78 is 1.92. The summed E-state index contributed by atoms with van der Waals surface area (Å²) in [4.78, 5) is 8.49. The fraction of sp³-hybridized carbons (Fsp3) is 0.333. The van der Waals surface area contributed by atoms with Crippen molar-refractivity contribution in [3.63, 3.8) is 0 Å². The van der Waals surface area contributed by atoms with Gasteiger partial charge in [-0.05, 0) is 18.7 Å². The Kier molecular flexibility index (Phi) is 3.82. The summed E-state index contributed by atoms with van der Waals surface area (Å²) in [5, 5.41) is 16.5. The van der Waals surface area contributed by atoms with E-state index in [1.54, 1.807) is 24.3 Å². The van der Waals surface area contributed by atoms with Crippen molar-refractivity contribution < 1.29 is 0 Å². The lowest BCUT2D eigenvalue weighted by Gasteiger charge is -2.06. The van der Waals surface area contributed by atoms with Crippen molar-refractivity contribution in [2.75, 3.05) is 18.1 Å². The number of nitrogens with one attached hydrogen (secondary N) is 2. The number of aromatic amines is 1. The molecule has 3 aromatic heterocycles. The highest BCUT2D eigenvalue weighted by atomic mass is 32.2. The molecule has 0 aliphatic carbocycles. The van der Waals surface area contributed by atoms with Gasteiger partial charge in [0.2, 0.25) is 0 Å². The molecular weight excluding hydrogens is 274 g/mol. The van der Waals surface area contributed by atoms with Crippen LogP contribution in [0.25, 0.3) is 11.0 Å². The van der Waals surface area contributed by atoms with Crippen LogP contribution in [0, 0.1) is 0 Å². The van der Waals surface area contributed by atoms with Gasteiger partial charge in [0, 0.05) is 25.5 Å². The van der Waals surface area contributed by atoms with Crippen LogP contribution in [0.3, 0.4) is 0 Å². The highest BCUT2D eigenvalue weighted by Crippen LogP contribution is 2.27. The second-order valence-corrected chi connectivity index (χ2v) is 5.02. The fourth-order valence-corrected chi connectivity index (χ4v) is 2.53. The molecule has 0 radical (unpaired) electrons. The number of aryl methyl sites for hydroxylation is 1. The quantitative estimate of drug-likeness (QED) is 0.531. The minimum Gasteiger partial charge on any atom is -0.369 e. The first-order chi connectivity index (χ1) is 9.88.